The summed E-state index contributed by atoms with van der Waals surface area (Å²) in [7, 11) is 2.22. The van der Waals surface area contributed by atoms with Crippen LogP contribution in [-0.4, -0.2) is 7.05 Å². The summed E-state index contributed by atoms with van der Waals surface area (Å²) < 4.78 is 0. The molecule has 43 heavy (non-hydrogen) atoms. The Hall–Kier alpha value is -4.62. The SMILES string of the molecule is CC1=CC=C(c2c3ccccc3c(C3=CC=C(N(C)c4cccc(-c5ccc6c(c5)CC6)c4)CC3)c3ccccc23)CC1. The summed E-state index contributed by atoms with van der Waals surface area (Å²) in [4.78, 5) is 2.38. The minimum atomic E-state index is 1.02. The molecule has 3 aliphatic rings. The van der Waals surface area contributed by atoms with Gasteiger partial charge >= 0.3 is 0 Å². The molecule has 1 heteroatoms. The number of nitrogens with zero attached hydrogens (tertiary/aromatic N) is 1. The number of anilines is 1. The number of allylic oxidation sites excluding steroid dienone is 8. The third-order valence-corrected chi connectivity index (χ3v) is 9.93. The summed E-state index contributed by atoms with van der Waals surface area (Å²) in [5.41, 5.74) is 15.4. The van der Waals surface area contributed by atoms with Crippen molar-refractivity contribution in [2.24, 2.45) is 0 Å². The van der Waals surface area contributed by atoms with Gasteiger partial charge in [-0.25, -0.2) is 0 Å². The molecule has 0 amide bonds. The Morgan fingerprint density at radius 1 is 0.488 bits per heavy atom. The summed E-state index contributed by atoms with van der Waals surface area (Å²) in [5, 5.41) is 5.48. The predicted molar refractivity (Wildman–Crippen MR) is 185 cm³/mol. The first-order chi connectivity index (χ1) is 21.1. The number of benzene rings is 5. The number of fused-ring (bicyclic) bond motifs is 3. The first kappa shape index (κ1) is 26.0. The van der Waals surface area contributed by atoms with Gasteiger partial charge in [-0.1, -0.05) is 103 Å². The lowest BCUT2D eigenvalue weighted by Gasteiger charge is -2.27. The average Bonchev–Trinajstić information content (AvgIpc) is 3.04. The van der Waals surface area contributed by atoms with Crippen LogP contribution in [0.5, 0.6) is 0 Å². The molecule has 210 valence electrons. The fourth-order valence-electron chi connectivity index (χ4n) is 7.32. The van der Waals surface area contributed by atoms with Crippen LogP contribution in [0.1, 0.15) is 54.9 Å². The molecule has 0 atom stereocenters. The molecule has 5 aromatic carbocycles. The molecule has 1 nitrogen and oxygen atoms in total. The Kier molecular flexibility index (Phi) is 6.41. The van der Waals surface area contributed by atoms with Gasteiger partial charge in [0, 0.05) is 18.4 Å². The predicted octanol–water partition coefficient (Wildman–Crippen LogP) is 11.1. The maximum Gasteiger partial charge on any atom is 0.0411 e. The molecular weight excluding hydrogens is 518 g/mol. The highest BCUT2D eigenvalue weighted by molar-refractivity contribution is 6.16. The molecule has 3 aliphatic carbocycles. The van der Waals surface area contributed by atoms with E-state index in [0.29, 0.717) is 0 Å². The van der Waals surface area contributed by atoms with E-state index in [1.165, 1.54) is 95.9 Å². The minimum Gasteiger partial charge on any atom is -0.348 e. The van der Waals surface area contributed by atoms with E-state index in [1.807, 2.05) is 0 Å². The molecular formula is C42H37N. The average molecular weight is 556 g/mol. The highest BCUT2D eigenvalue weighted by Crippen LogP contribution is 2.44. The molecule has 0 heterocycles. The second-order valence-electron chi connectivity index (χ2n) is 12.5. The van der Waals surface area contributed by atoms with Crippen molar-refractivity contribution in [1.29, 1.82) is 0 Å². The van der Waals surface area contributed by atoms with Crippen molar-refractivity contribution in [3.05, 3.63) is 149 Å². The second-order valence-corrected chi connectivity index (χ2v) is 12.5. The van der Waals surface area contributed by atoms with E-state index >= 15 is 0 Å². The zero-order valence-corrected chi connectivity index (χ0v) is 25.2. The van der Waals surface area contributed by atoms with Crippen LogP contribution in [0.2, 0.25) is 0 Å². The smallest absolute Gasteiger partial charge is 0.0411 e. The Balaban J connectivity index is 1.18. The van der Waals surface area contributed by atoms with Crippen LogP contribution >= 0.6 is 0 Å². The number of hydrogen-bond donors (Lipinski definition) is 0. The lowest BCUT2D eigenvalue weighted by atomic mass is 9.82. The van der Waals surface area contributed by atoms with Crippen LogP contribution < -0.4 is 4.90 Å². The highest BCUT2D eigenvalue weighted by atomic mass is 15.1. The van der Waals surface area contributed by atoms with Gasteiger partial charge in [-0.3, -0.25) is 0 Å². The van der Waals surface area contributed by atoms with E-state index in [9.17, 15) is 0 Å². The van der Waals surface area contributed by atoms with Crippen molar-refractivity contribution in [3.63, 3.8) is 0 Å². The maximum absolute atomic E-state index is 2.38. The van der Waals surface area contributed by atoms with Gasteiger partial charge in [-0.15, -0.1) is 0 Å². The fourth-order valence-corrected chi connectivity index (χ4v) is 7.32. The molecule has 0 saturated heterocycles. The highest BCUT2D eigenvalue weighted by Gasteiger charge is 2.21. The molecule has 0 spiro atoms. The van der Waals surface area contributed by atoms with Gasteiger partial charge in [-0.05, 0) is 130 Å². The van der Waals surface area contributed by atoms with Crippen LogP contribution in [0.15, 0.2) is 127 Å². The first-order valence-electron chi connectivity index (χ1n) is 15.8. The maximum atomic E-state index is 2.38. The van der Waals surface area contributed by atoms with Crippen LogP contribution in [0.4, 0.5) is 5.69 Å². The summed E-state index contributed by atoms with van der Waals surface area (Å²) in [5.74, 6) is 0. The van der Waals surface area contributed by atoms with Crippen molar-refractivity contribution in [2.45, 2.75) is 45.4 Å². The van der Waals surface area contributed by atoms with E-state index in [2.05, 4.69) is 134 Å². The zero-order chi connectivity index (χ0) is 28.9. The van der Waals surface area contributed by atoms with E-state index in [0.717, 1.165) is 25.7 Å². The van der Waals surface area contributed by atoms with Crippen molar-refractivity contribution >= 4 is 38.4 Å². The monoisotopic (exact) mass is 555 g/mol. The fraction of sp³-hybridized carbons (Fsp3) is 0.190. The molecule has 0 saturated carbocycles. The van der Waals surface area contributed by atoms with Gasteiger partial charge in [0.1, 0.15) is 0 Å². The molecule has 0 bridgehead atoms. The number of hydrogen-bond acceptors (Lipinski definition) is 1. The standard InChI is InChI=1S/C42H37N/c1-28-14-16-30(17-15-28)41-37-10-3-5-12-39(37)42(40-13-6-4-11-38(40)41)31-22-24-35(25-23-31)43(2)36-9-7-8-32(27-36)34-21-19-29-18-20-33(29)26-34/h3-14,16,19,21-22,24,26-27H,15,17-18,20,23,25H2,1-2H3. The van der Waals surface area contributed by atoms with E-state index < -0.39 is 0 Å². The van der Waals surface area contributed by atoms with Crippen molar-refractivity contribution < 1.29 is 0 Å². The second kappa shape index (κ2) is 10.6. The van der Waals surface area contributed by atoms with Crippen molar-refractivity contribution in [1.82, 2.24) is 0 Å². The third kappa shape index (κ3) is 4.55. The molecule has 0 fully saturated rings. The molecule has 0 N–H and O–H groups in total. The number of rotatable bonds is 5. The third-order valence-electron chi connectivity index (χ3n) is 9.93. The number of aryl methyl sites for hydroxylation is 2. The molecule has 0 unspecified atom stereocenters. The molecule has 0 radical (unpaired) electrons. The van der Waals surface area contributed by atoms with Crippen molar-refractivity contribution in [3.8, 4) is 11.1 Å². The van der Waals surface area contributed by atoms with Gasteiger partial charge < -0.3 is 4.90 Å². The minimum absolute atomic E-state index is 1.02. The summed E-state index contributed by atoms with van der Waals surface area (Å²) >= 11 is 0. The summed E-state index contributed by atoms with van der Waals surface area (Å²) in [6.45, 7) is 2.24. The van der Waals surface area contributed by atoms with Crippen LogP contribution in [0, 0.1) is 0 Å². The molecule has 0 aliphatic heterocycles. The van der Waals surface area contributed by atoms with Gasteiger partial charge in [0.2, 0.25) is 0 Å². The van der Waals surface area contributed by atoms with Gasteiger partial charge in [0.25, 0.3) is 0 Å². The molecule has 8 rings (SSSR count). The largest absolute Gasteiger partial charge is 0.348 e. The molecule has 5 aromatic rings. The van der Waals surface area contributed by atoms with Crippen LogP contribution in [0.25, 0.3) is 43.8 Å². The quantitative estimate of drug-likeness (QED) is 0.195. The van der Waals surface area contributed by atoms with E-state index in [-0.39, 0.29) is 0 Å². The van der Waals surface area contributed by atoms with Gasteiger partial charge in [0.15, 0.2) is 0 Å². The van der Waals surface area contributed by atoms with Gasteiger partial charge in [-0.2, -0.15) is 0 Å². The summed E-state index contributed by atoms with van der Waals surface area (Å²) in [6, 6.07) is 34.1. The summed E-state index contributed by atoms with van der Waals surface area (Å²) in [6.07, 6.45) is 16.1. The Morgan fingerprint density at radius 2 is 1.09 bits per heavy atom. The lowest BCUT2D eigenvalue weighted by Crippen LogP contribution is -2.17. The van der Waals surface area contributed by atoms with E-state index in [4.69, 9.17) is 0 Å². The normalized spacial score (nSPS) is 16.1. The van der Waals surface area contributed by atoms with Crippen LogP contribution in [0.3, 0.4) is 0 Å². The van der Waals surface area contributed by atoms with Crippen molar-refractivity contribution in [2.75, 3.05) is 11.9 Å². The Morgan fingerprint density at radius 3 is 1.63 bits per heavy atom. The zero-order valence-electron chi connectivity index (χ0n) is 25.2. The lowest BCUT2D eigenvalue weighted by molar-refractivity contribution is 0.840. The topological polar surface area (TPSA) is 3.24 Å². The van der Waals surface area contributed by atoms with E-state index in [1.54, 1.807) is 0 Å². The van der Waals surface area contributed by atoms with Gasteiger partial charge in [0.05, 0.1) is 0 Å². The Labute approximate surface area is 255 Å². The van der Waals surface area contributed by atoms with Crippen LogP contribution in [-0.2, 0) is 12.8 Å². The molecule has 0 aromatic heterocycles. The Bertz CT molecular complexity index is 1990. The first-order valence-corrected chi connectivity index (χ1v) is 15.8.